The van der Waals surface area contributed by atoms with E-state index in [4.69, 9.17) is 22.7 Å². The number of nitrogens with zero attached hydrogens (tertiary/aromatic N) is 1. The zero-order valence-corrected chi connectivity index (χ0v) is 7.82. The third-order valence-electron chi connectivity index (χ3n) is 1.15. The molecule has 0 atom stereocenters. The molecule has 0 radical (unpaired) electrons. The van der Waals surface area contributed by atoms with Crippen LogP contribution in [0.15, 0.2) is 18.3 Å². The fourth-order valence-electron chi connectivity index (χ4n) is 0.679. The molecule has 3 N–H and O–H groups in total. The molecular weight excluding hydrogens is 194 g/mol. The molecular formula is C7H8ClN3S. The summed E-state index contributed by atoms with van der Waals surface area (Å²) in [5.74, 6) is 0.593. The first-order valence-corrected chi connectivity index (χ1v) is 4.62. The Kier molecular flexibility index (Phi) is 3.37. The van der Waals surface area contributed by atoms with E-state index >= 15 is 0 Å². The quantitative estimate of drug-likeness (QED) is 0.567. The van der Waals surface area contributed by atoms with E-state index in [1.807, 2.05) is 0 Å². The van der Waals surface area contributed by atoms with Crippen molar-refractivity contribution in [3.05, 3.63) is 29.0 Å². The highest BCUT2D eigenvalue weighted by molar-refractivity contribution is 8.13. The topological polar surface area (TPSA) is 62.8 Å². The Bertz CT molecular complexity index is 290. The molecule has 0 aliphatic rings. The number of pyridine rings is 1. The lowest BCUT2D eigenvalue weighted by Crippen LogP contribution is -2.04. The summed E-state index contributed by atoms with van der Waals surface area (Å²) in [6, 6.07) is 3.47. The molecule has 0 fully saturated rings. The van der Waals surface area contributed by atoms with E-state index in [9.17, 15) is 0 Å². The third-order valence-corrected chi connectivity index (χ3v) is 2.14. The number of amidine groups is 1. The number of rotatable bonds is 2. The lowest BCUT2D eigenvalue weighted by atomic mass is 10.4. The first-order chi connectivity index (χ1) is 5.68. The van der Waals surface area contributed by atoms with Crippen LogP contribution >= 0.6 is 23.4 Å². The lowest BCUT2D eigenvalue weighted by Gasteiger charge is -1.98. The fourth-order valence-corrected chi connectivity index (χ4v) is 1.32. The van der Waals surface area contributed by atoms with Gasteiger partial charge in [0.05, 0.1) is 5.69 Å². The maximum Gasteiger partial charge on any atom is 0.151 e. The van der Waals surface area contributed by atoms with Gasteiger partial charge in [-0.15, -0.1) is 0 Å². The molecule has 0 amide bonds. The maximum absolute atomic E-state index is 6.98. The Labute approximate surface area is 79.8 Å². The van der Waals surface area contributed by atoms with Crippen LogP contribution in [-0.4, -0.2) is 10.2 Å². The minimum atomic E-state index is 0.0942. The van der Waals surface area contributed by atoms with Crippen molar-refractivity contribution >= 4 is 28.5 Å². The predicted octanol–water partition coefficient (Wildman–Crippen LogP) is 1.86. The van der Waals surface area contributed by atoms with E-state index in [2.05, 4.69) is 4.98 Å². The van der Waals surface area contributed by atoms with Gasteiger partial charge in [-0.3, -0.25) is 10.4 Å². The van der Waals surface area contributed by atoms with Crippen LogP contribution in [0.3, 0.4) is 0 Å². The zero-order valence-electron chi connectivity index (χ0n) is 6.25. The first-order valence-electron chi connectivity index (χ1n) is 3.26. The van der Waals surface area contributed by atoms with Crippen LogP contribution in [-0.2, 0) is 5.75 Å². The average Bonchev–Trinajstić information content (AvgIpc) is 2.01. The van der Waals surface area contributed by atoms with Crippen molar-refractivity contribution < 1.29 is 0 Å². The van der Waals surface area contributed by atoms with Crippen molar-refractivity contribution in [3.63, 3.8) is 0 Å². The van der Waals surface area contributed by atoms with Crippen LogP contribution < -0.4 is 5.73 Å². The van der Waals surface area contributed by atoms with Gasteiger partial charge in [0, 0.05) is 17.0 Å². The van der Waals surface area contributed by atoms with Crippen LogP contribution in [0.2, 0.25) is 5.02 Å². The van der Waals surface area contributed by atoms with Gasteiger partial charge in [0.15, 0.2) is 5.17 Å². The van der Waals surface area contributed by atoms with E-state index in [1.54, 1.807) is 18.3 Å². The molecule has 0 spiro atoms. The molecule has 1 aromatic heterocycles. The Morgan fingerprint density at radius 3 is 3.08 bits per heavy atom. The zero-order chi connectivity index (χ0) is 8.97. The van der Waals surface area contributed by atoms with Crippen molar-refractivity contribution in [2.24, 2.45) is 5.73 Å². The Morgan fingerprint density at radius 2 is 2.50 bits per heavy atom. The van der Waals surface area contributed by atoms with Gasteiger partial charge in [-0.2, -0.15) is 0 Å². The largest absolute Gasteiger partial charge is 0.379 e. The molecule has 0 saturated carbocycles. The molecule has 0 unspecified atom stereocenters. The summed E-state index contributed by atoms with van der Waals surface area (Å²) in [6.45, 7) is 0. The lowest BCUT2D eigenvalue weighted by molar-refractivity contribution is 1.18. The minimum Gasteiger partial charge on any atom is -0.379 e. The second-order valence-corrected chi connectivity index (χ2v) is 3.57. The molecule has 0 aromatic carbocycles. The smallest absolute Gasteiger partial charge is 0.151 e. The normalized spacial score (nSPS) is 9.75. The molecule has 64 valence electrons. The van der Waals surface area contributed by atoms with Crippen LogP contribution in [0.25, 0.3) is 0 Å². The predicted molar refractivity (Wildman–Crippen MR) is 52.5 cm³/mol. The number of nitrogens with two attached hydrogens (primary N) is 1. The average molecular weight is 202 g/mol. The number of hydrogen-bond acceptors (Lipinski definition) is 3. The molecule has 1 heterocycles. The highest BCUT2D eigenvalue weighted by atomic mass is 35.5. The van der Waals surface area contributed by atoms with E-state index in [0.717, 1.165) is 5.69 Å². The van der Waals surface area contributed by atoms with Crippen molar-refractivity contribution in [3.8, 4) is 0 Å². The number of hydrogen-bond donors (Lipinski definition) is 2. The van der Waals surface area contributed by atoms with Crippen LogP contribution in [0.4, 0.5) is 0 Å². The first kappa shape index (κ1) is 9.35. The van der Waals surface area contributed by atoms with Gasteiger partial charge in [0.25, 0.3) is 0 Å². The Morgan fingerprint density at radius 1 is 1.75 bits per heavy atom. The third kappa shape index (κ3) is 3.11. The molecule has 12 heavy (non-hydrogen) atoms. The van der Waals surface area contributed by atoms with Gasteiger partial charge in [-0.05, 0) is 12.1 Å². The highest BCUT2D eigenvalue weighted by Gasteiger charge is 1.97. The molecule has 0 aliphatic heterocycles. The summed E-state index contributed by atoms with van der Waals surface area (Å²) in [6.07, 6.45) is 1.64. The molecule has 0 aliphatic carbocycles. The summed E-state index contributed by atoms with van der Waals surface area (Å²) in [4.78, 5) is 4.05. The van der Waals surface area contributed by atoms with Crippen molar-refractivity contribution in [2.75, 3.05) is 0 Å². The molecule has 1 aromatic rings. The molecule has 1 rings (SSSR count). The highest BCUT2D eigenvalue weighted by Crippen LogP contribution is 2.13. The Balaban J connectivity index is 2.57. The summed E-state index contributed by atoms with van der Waals surface area (Å²) >= 11 is 6.96. The van der Waals surface area contributed by atoms with Crippen molar-refractivity contribution in [2.45, 2.75) is 5.75 Å². The monoisotopic (exact) mass is 201 g/mol. The summed E-state index contributed by atoms with van der Waals surface area (Å²) in [5, 5.41) is 7.73. The Hall–Kier alpha value is -0.740. The fraction of sp³-hybridized carbons (Fsp3) is 0.143. The molecule has 5 heteroatoms. The van der Waals surface area contributed by atoms with E-state index in [-0.39, 0.29) is 5.17 Å². The minimum absolute atomic E-state index is 0.0942. The SMILES string of the molecule is N=C(N)SCc1cc(Cl)ccn1. The summed E-state index contributed by atoms with van der Waals surface area (Å²) < 4.78 is 0. The van der Waals surface area contributed by atoms with Crippen LogP contribution in [0, 0.1) is 5.41 Å². The second-order valence-electron chi connectivity index (χ2n) is 2.12. The van der Waals surface area contributed by atoms with Gasteiger partial charge < -0.3 is 5.73 Å². The van der Waals surface area contributed by atoms with E-state index < -0.39 is 0 Å². The standard InChI is InChI=1S/C7H8ClN3S/c8-5-1-2-11-6(3-5)4-12-7(9)10/h1-3H,4H2,(H3,9,10). The van der Waals surface area contributed by atoms with E-state index in [0.29, 0.717) is 10.8 Å². The maximum atomic E-state index is 6.98. The van der Waals surface area contributed by atoms with Crippen molar-refractivity contribution in [1.29, 1.82) is 5.41 Å². The number of nitrogens with one attached hydrogen (secondary N) is 1. The van der Waals surface area contributed by atoms with Gasteiger partial charge in [-0.1, -0.05) is 23.4 Å². The molecule has 0 saturated heterocycles. The van der Waals surface area contributed by atoms with E-state index in [1.165, 1.54) is 11.8 Å². The summed E-state index contributed by atoms with van der Waals surface area (Å²) in [7, 11) is 0. The molecule has 3 nitrogen and oxygen atoms in total. The van der Waals surface area contributed by atoms with Crippen molar-refractivity contribution in [1.82, 2.24) is 4.98 Å². The van der Waals surface area contributed by atoms with Crippen LogP contribution in [0.1, 0.15) is 5.69 Å². The summed E-state index contributed by atoms with van der Waals surface area (Å²) in [5.41, 5.74) is 6.00. The van der Waals surface area contributed by atoms with Gasteiger partial charge in [0.2, 0.25) is 0 Å². The number of thioether (sulfide) groups is 1. The van der Waals surface area contributed by atoms with Gasteiger partial charge in [0.1, 0.15) is 0 Å². The molecule has 0 bridgehead atoms. The second kappa shape index (κ2) is 4.33. The van der Waals surface area contributed by atoms with Gasteiger partial charge >= 0.3 is 0 Å². The number of halogens is 1. The van der Waals surface area contributed by atoms with Gasteiger partial charge in [-0.25, -0.2) is 0 Å². The van der Waals surface area contributed by atoms with Crippen LogP contribution in [0.5, 0.6) is 0 Å². The number of aromatic nitrogens is 1.